The third kappa shape index (κ3) is 7.43. The van der Waals surface area contributed by atoms with Crippen molar-refractivity contribution in [1.29, 1.82) is 0 Å². The number of rotatable bonds is 9. The molecule has 79 heavy (non-hydrogen) atoms. The second-order valence-electron chi connectivity index (χ2n) is 22.6. The summed E-state index contributed by atoms with van der Waals surface area (Å²) in [5.74, 6) is 0. The van der Waals surface area contributed by atoms with E-state index < -0.39 is 0 Å². The number of aromatic nitrogens is 1. The molecule has 15 rings (SSSR count). The van der Waals surface area contributed by atoms with Crippen LogP contribution in [-0.2, 0) is 11.8 Å². The first-order valence-corrected chi connectivity index (χ1v) is 28.1. The summed E-state index contributed by atoms with van der Waals surface area (Å²) in [6.07, 6.45) is 3.01. The highest BCUT2D eigenvalue weighted by molar-refractivity contribution is 7.00. The molecule has 2 aliphatic heterocycles. The fraction of sp³-hybridized carbons (Fsp3) is 0.108. The van der Waals surface area contributed by atoms with Gasteiger partial charge in [-0.1, -0.05) is 216 Å². The van der Waals surface area contributed by atoms with Crippen LogP contribution >= 0.6 is 0 Å². The molecule has 0 saturated heterocycles. The van der Waals surface area contributed by atoms with Gasteiger partial charge in [0.2, 0.25) is 0 Å². The van der Waals surface area contributed by atoms with Crippen molar-refractivity contribution >= 4 is 101 Å². The zero-order valence-corrected chi connectivity index (χ0v) is 45.0. The van der Waals surface area contributed by atoms with E-state index in [0.29, 0.717) is 0 Å². The van der Waals surface area contributed by atoms with E-state index in [9.17, 15) is 0 Å². The summed E-state index contributed by atoms with van der Waals surface area (Å²) in [6.45, 7) is 9.29. The van der Waals surface area contributed by atoms with Gasteiger partial charge >= 0.3 is 0 Å². The Bertz CT molecular complexity index is 4420. The Balaban J connectivity index is 1.11. The Kier molecular flexibility index (Phi) is 10.9. The molecule has 4 heterocycles. The third-order valence-corrected chi connectivity index (χ3v) is 16.9. The molecular weight excluding hydrogens is 958 g/mol. The second-order valence-corrected chi connectivity index (χ2v) is 22.6. The van der Waals surface area contributed by atoms with E-state index in [2.05, 4.69) is 285 Å². The van der Waals surface area contributed by atoms with Gasteiger partial charge in [0, 0.05) is 61.1 Å². The fourth-order valence-electron chi connectivity index (χ4n) is 13.2. The molecule has 0 aliphatic carbocycles. The monoisotopic (exact) mass is 1020 g/mol. The lowest BCUT2D eigenvalue weighted by Gasteiger charge is -2.46. The maximum absolute atomic E-state index is 6.75. The fourth-order valence-corrected chi connectivity index (χ4v) is 13.2. The standard InChI is InChI=1S/C74H58BN3O/c1-5-6-29-58-64(42-43-70-71(58)59-32-18-21-37-69(59)79-70)77-66-47-53(76-62-35-19-16-30-56(62)57-31-17-20-36-63(57)76)39-40-60(66)75-61-44-51(48-23-10-7-11-24-48)38-41-65(61)78(68-46-52(74(2,3)4)45-67(77)72(68)75)73-54(49-25-12-8-13-26-49)33-22-34-55(73)50-27-14-9-15-28-50/h7-28,30-47H,5-6,29H2,1-4H3. The zero-order valence-electron chi connectivity index (χ0n) is 45.0. The van der Waals surface area contributed by atoms with Crippen LogP contribution < -0.4 is 26.2 Å². The van der Waals surface area contributed by atoms with Crippen molar-refractivity contribution in [2.75, 3.05) is 9.80 Å². The average molecular weight is 1020 g/mol. The predicted octanol–water partition coefficient (Wildman–Crippen LogP) is 18.4. The maximum atomic E-state index is 6.75. The SMILES string of the molecule is CCCCc1c(N2c3cc(-n4c5ccccc5c5ccccc54)ccc3B3c4cc(-c5ccccc5)ccc4N(c4c(-c5ccccc5)cccc4-c4ccccc4)c4cc(C(C)(C)C)cc2c43)ccc2oc3ccccc3c12. The lowest BCUT2D eigenvalue weighted by Crippen LogP contribution is -2.61. The summed E-state index contributed by atoms with van der Waals surface area (Å²) in [5.41, 5.74) is 25.7. The molecule has 0 spiro atoms. The van der Waals surface area contributed by atoms with E-state index in [1.165, 1.54) is 117 Å². The summed E-state index contributed by atoms with van der Waals surface area (Å²) in [7, 11) is 0. The van der Waals surface area contributed by atoms with Gasteiger partial charge in [-0.05, 0) is 129 Å². The molecule has 0 N–H and O–H groups in total. The number of hydrogen-bond acceptors (Lipinski definition) is 3. The van der Waals surface area contributed by atoms with E-state index in [0.717, 1.165) is 47.2 Å². The molecule has 5 heteroatoms. The highest BCUT2D eigenvalue weighted by Crippen LogP contribution is 2.53. The van der Waals surface area contributed by atoms with E-state index in [1.54, 1.807) is 0 Å². The van der Waals surface area contributed by atoms with Crippen LogP contribution in [0.3, 0.4) is 0 Å². The van der Waals surface area contributed by atoms with E-state index in [1.807, 2.05) is 0 Å². The van der Waals surface area contributed by atoms with Crippen LogP contribution in [-0.4, -0.2) is 11.3 Å². The van der Waals surface area contributed by atoms with Crippen molar-refractivity contribution < 1.29 is 4.42 Å². The van der Waals surface area contributed by atoms with Crippen LogP contribution in [0.4, 0.5) is 34.1 Å². The van der Waals surface area contributed by atoms with Crippen molar-refractivity contribution in [3.05, 3.63) is 254 Å². The van der Waals surface area contributed by atoms with Crippen LogP contribution in [0.1, 0.15) is 51.7 Å². The van der Waals surface area contributed by atoms with Gasteiger partial charge in [0.05, 0.1) is 22.4 Å². The van der Waals surface area contributed by atoms with Crippen LogP contribution in [0.5, 0.6) is 0 Å². The van der Waals surface area contributed by atoms with E-state index in [-0.39, 0.29) is 12.1 Å². The molecule has 378 valence electrons. The minimum Gasteiger partial charge on any atom is -0.456 e. The Morgan fingerprint density at radius 2 is 1.01 bits per heavy atom. The van der Waals surface area contributed by atoms with Crippen molar-refractivity contribution in [2.45, 2.75) is 52.4 Å². The molecule has 13 aromatic rings. The Labute approximate surface area is 462 Å². The van der Waals surface area contributed by atoms with E-state index >= 15 is 0 Å². The molecule has 0 radical (unpaired) electrons. The van der Waals surface area contributed by atoms with Crippen molar-refractivity contribution in [1.82, 2.24) is 4.57 Å². The molecule has 2 aliphatic rings. The van der Waals surface area contributed by atoms with Crippen molar-refractivity contribution in [2.24, 2.45) is 0 Å². The number of anilines is 6. The number of aryl methyl sites for hydroxylation is 1. The molecule has 4 nitrogen and oxygen atoms in total. The van der Waals surface area contributed by atoms with Crippen LogP contribution in [0, 0.1) is 0 Å². The van der Waals surface area contributed by atoms with Gasteiger partial charge in [-0.25, -0.2) is 0 Å². The number of hydrogen-bond donors (Lipinski definition) is 0. The Morgan fingerprint density at radius 3 is 1.66 bits per heavy atom. The molecule has 0 amide bonds. The quantitative estimate of drug-likeness (QED) is 0.135. The first kappa shape index (κ1) is 46.9. The van der Waals surface area contributed by atoms with Crippen LogP contribution in [0.25, 0.3) is 82.8 Å². The minimum atomic E-state index is -0.224. The molecular formula is C74H58BN3O. The first-order valence-electron chi connectivity index (χ1n) is 28.1. The van der Waals surface area contributed by atoms with Gasteiger partial charge in [-0.15, -0.1) is 0 Å². The number of benzene rings is 11. The number of para-hydroxylation sites is 4. The molecule has 0 fully saturated rings. The van der Waals surface area contributed by atoms with Gasteiger partial charge in [0.15, 0.2) is 0 Å². The smallest absolute Gasteiger partial charge is 0.252 e. The second kappa shape index (κ2) is 18.4. The number of unbranched alkanes of at least 4 members (excludes halogenated alkanes) is 1. The summed E-state index contributed by atoms with van der Waals surface area (Å²) >= 11 is 0. The highest BCUT2D eigenvalue weighted by atomic mass is 16.3. The van der Waals surface area contributed by atoms with E-state index in [4.69, 9.17) is 4.42 Å². The lowest BCUT2D eigenvalue weighted by atomic mass is 9.33. The molecule has 0 atom stereocenters. The number of nitrogens with zero attached hydrogens (tertiary/aromatic N) is 3. The zero-order chi connectivity index (χ0) is 52.9. The molecule has 0 unspecified atom stereocenters. The maximum Gasteiger partial charge on any atom is 0.252 e. The number of furan rings is 1. The van der Waals surface area contributed by atoms with Gasteiger partial charge in [0.1, 0.15) is 11.2 Å². The Morgan fingerprint density at radius 1 is 0.430 bits per heavy atom. The van der Waals surface area contributed by atoms with Gasteiger partial charge < -0.3 is 18.8 Å². The van der Waals surface area contributed by atoms with Gasteiger partial charge in [-0.3, -0.25) is 0 Å². The molecule has 0 bridgehead atoms. The van der Waals surface area contributed by atoms with Gasteiger partial charge in [0.25, 0.3) is 6.71 Å². The summed E-state index contributed by atoms with van der Waals surface area (Å²) < 4.78 is 9.23. The minimum absolute atomic E-state index is 0.131. The topological polar surface area (TPSA) is 24.6 Å². The first-order chi connectivity index (χ1) is 38.8. The molecule has 0 saturated carbocycles. The van der Waals surface area contributed by atoms with Crippen LogP contribution in [0.15, 0.2) is 247 Å². The third-order valence-electron chi connectivity index (χ3n) is 16.9. The summed E-state index contributed by atoms with van der Waals surface area (Å²) in [4.78, 5) is 5.33. The predicted molar refractivity (Wildman–Crippen MR) is 336 cm³/mol. The lowest BCUT2D eigenvalue weighted by molar-refractivity contribution is 0.590. The van der Waals surface area contributed by atoms with Crippen LogP contribution in [0.2, 0.25) is 0 Å². The molecule has 2 aromatic heterocycles. The summed E-state index contributed by atoms with van der Waals surface area (Å²) in [5, 5.41) is 4.85. The van der Waals surface area contributed by atoms with Gasteiger partial charge in [-0.2, -0.15) is 0 Å². The Hall–Kier alpha value is -9.32. The largest absolute Gasteiger partial charge is 0.456 e. The number of fused-ring (bicyclic) bond motifs is 10. The average Bonchev–Trinajstić information content (AvgIpc) is 2.91. The van der Waals surface area contributed by atoms with Crippen molar-refractivity contribution in [3.63, 3.8) is 0 Å². The van der Waals surface area contributed by atoms with Crippen molar-refractivity contribution in [3.8, 4) is 39.1 Å². The normalized spacial score (nSPS) is 12.9. The highest BCUT2D eigenvalue weighted by Gasteiger charge is 2.46. The molecule has 11 aromatic carbocycles. The summed E-state index contributed by atoms with van der Waals surface area (Å²) in [6, 6.07) is 90.5.